The number of para-hydroxylation sites is 4. The zero-order valence-corrected chi connectivity index (χ0v) is 31.7. The van der Waals surface area contributed by atoms with Crippen molar-refractivity contribution >= 4 is 65.2 Å². The Morgan fingerprint density at radius 3 is 1.28 bits per heavy atom. The number of rotatable bonds is 5. The number of nitrogens with zero attached hydrogens (tertiary/aromatic N) is 2. The maximum Gasteiger partial charge on any atom is 0.0541 e. The normalized spacial score (nSPS) is 11.8. The Morgan fingerprint density at radius 1 is 0.241 bits per heavy atom. The van der Waals surface area contributed by atoms with E-state index in [4.69, 9.17) is 0 Å². The third-order valence-electron chi connectivity index (χ3n) is 12.1. The van der Waals surface area contributed by atoms with E-state index in [9.17, 15) is 0 Å². The molecule has 2 nitrogen and oxygen atoms in total. The lowest BCUT2D eigenvalue weighted by atomic mass is 9.89. The van der Waals surface area contributed by atoms with Crippen LogP contribution < -0.4 is 0 Å². The van der Waals surface area contributed by atoms with Crippen molar-refractivity contribution in [1.82, 2.24) is 9.13 Å². The van der Waals surface area contributed by atoms with Crippen LogP contribution in [-0.4, -0.2) is 9.13 Å². The second-order valence-electron chi connectivity index (χ2n) is 15.3. The Kier molecular flexibility index (Phi) is 7.26. The first-order valence-corrected chi connectivity index (χ1v) is 20.0. The van der Waals surface area contributed by atoms with Gasteiger partial charge in [0.25, 0.3) is 0 Å². The zero-order chi connectivity index (χ0) is 38.2. The lowest BCUT2D eigenvalue weighted by molar-refractivity contribution is 1.18. The number of aromatic nitrogens is 2. The van der Waals surface area contributed by atoms with Crippen molar-refractivity contribution in [2.24, 2.45) is 0 Å². The van der Waals surface area contributed by atoms with Crippen LogP contribution >= 0.6 is 0 Å². The monoisotopic (exact) mass is 736 g/mol. The largest absolute Gasteiger partial charge is 0.309 e. The summed E-state index contributed by atoms with van der Waals surface area (Å²) in [7, 11) is 0. The van der Waals surface area contributed by atoms with Crippen LogP contribution in [0.5, 0.6) is 0 Å². The molecule has 0 aliphatic rings. The molecule has 0 spiro atoms. The van der Waals surface area contributed by atoms with Crippen molar-refractivity contribution in [1.29, 1.82) is 0 Å². The van der Waals surface area contributed by atoms with Crippen LogP contribution in [0.4, 0.5) is 0 Å². The van der Waals surface area contributed by atoms with Gasteiger partial charge in [-0.1, -0.05) is 140 Å². The maximum absolute atomic E-state index is 2.40. The van der Waals surface area contributed by atoms with E-state index in [1.54, 1.807) is 0 Å². The van der Waals surface area contributed by atoms with E-state index in [2.05, 4.69) is 228 Å². The molecule has 12 aromatic rings. The molecule has 0 amide bonds. The molecule has 0 unspecified atom stereocenters. The summed E-state index contributed by atoms with van der Waals surface area (Å²) in [6, 6.07) is 80.2. The standard InChI is InChI=1S/C56H36N2/c1-3-16-44(17-4-1)57-52-24-11-9-21-48(52)50-35-39(28-30-54(50)57)41-32-42(34-43(33-41)47-23-13-15-38-27-26-37-14-7-8-20-46(37)56(38)47)40-29-31-55-51(36-40)49-22-10-12-25-53(49)58(55)45-18-5-2-6-19-45/h1-36H. The van der Waals surface area contributed by atoms with Gasteiger partial charge in [-0.15, -0.1) is 0 Å². The lowest BCUT2D eigenvalue weighted by Crippen LogP contribution is -1.93. The van der Waals surface area contributed by atoms with E-state index >= 15 is 0 Å². The summed E-state index contributed by atoms with van der Waals surface area (Å²) in [5, 5.41) is 10.0. The summed E-state index contributed by atoms with van der Waals surface area (Å²) in [5.41, 5.74) is 14.4. The van der Waals surface area contributed by atoms with Crippen molar-refractivity contribution in [2.75, 3.05) is 0 Å². The molecule has 0 radical (unpaired) electrons. The van der Waals surface area contributed by atoms with Crippen molar-refractivity contribution in [2.45, 2.75) is 0 Å². The Labute approximate surface area is 336 Å². The number of hydrogen-bond acceptors (Lipinski definition) is 0. The van der Waals surface area contributed by atoms with Gasteiger partial charge in [0, 0.05) is 32.9 Å². The summed E-state index contributed by atoms with van der Waals surface area (Å²) in [6.45, 7) is 0. The van der Waals surface area contributed by atoms with E-state index in [1.165, 1.54) is 98.5 Å². The molecule has 2 heteroatoms. The molecule has 12 rings (SSSR count). The van der Waals surface area contributed by atoms with Gasteiger partial charge >= 0.3 is 0 Å². The summed E-state index contributed by atoms with van der Waals surface area (Å²) in [5.74, 6) is 0. The molecule has 0 fully saturated rings. The van der Waals surface area contributed by atoms with Crippen LogP contribution in [0.25, 0.3) is 110 Å². The Balaban J connectivity index is 1.12. The van der Waals surface area contributed by atoms with Crippen molar-refractivity contribution < 1.29 is 0 Å². The molecule has 0 aliphatic carbocycles. The Morgan fingerprint density at radius 2 is 0.690 bits per heavy atom. The summed E-state index contributed by atoms with van der Waals surface area (Å²) < 4.78 is 4.78. The van der Waals surface area contributed by atoms with E-state index in [0.717, 1.165) is 11.4 Å². The third-order valence-corrected chi connectivity index (χ3v) is 12.1. The highest BCUT2D eigenvalue weighted by Gasteiger charge is 2.17. The smallest absolute Gasteiger partial charge is 0.0541 e. The van der Waals surface area contributed by atoms with Crippen LogP contribution in [0.15, 0.2) is 218 Å². The summed E-state index contributed by atoms with van der Waals surface area (Å²) in [4.78, 5) is 0. The lowest BCUT2D eigenvalue weighted by Gasteiger charge is -2.15. The van der Waals surface area contributed by atoms with Crippen molar-refractivity contribution in [3.8, 4) is 44.8 Å². The number of fused-ring (bicyclic) bond motifs is 9. The van der Waals surface area contributed by atoms with Crippen molar-refractivity contribution in [3.63, 3.8) is 0 Å². The minimum absolute atomic E-state index is 1.16. The highest BCUT2D eigenvalue weighted by molar-refractivity contribution is 6.15. The van der Waals surface area contributed by atoms with Gasteiger partial charge in [0.2, 0.25) is 0 Å². The number of hydrogen-bond donors (Lipinski definition) is 0. The molecule has 0 aliphatic heterocycles. The molecular weight excluding hydrogens is 701 g/mol. The van der Waals surface area contributed by atoms with Gasteiger partial charge in [-0.25, -0.2) is 0 Å². The molecule has 58 heavy (non-hydrogen) atoms. The highest BCUT2D eigenvalue weighted by atomic mass is 15.0. The molecular formula is C56H36N2. The van der Waals surface area contributed by atoms with Gasteiger partial charge in [-0.3, -0.25) is 0 Å². The predicted octanol–water partition coefficient (Wildman–Crippen LogP) is 15.2. The fourth-order valence-electron chi connectivity index (χ4n) is 9.43. The molecule has 0 bridgehead atoms. The molecule has 0 saturated carbocycles. The van der Waals surface area contributed by atoms with Gasteiger partial charge in [0.15, 0.2) is 0 Å². The Hall–Kier alpha value is -7.68. The molecule has 2 aromatic heterocycles. The fourth-order valence-corrected chi connectivity index (χ4v) is 9.43. The minimum atomic E-state index is 1.16. The molecule has 2 heterocycles. The Bertz CT molecular complexity index is 3380. The molecule has 0 atom stereocenters. The molecule has 270 valence electrons. The van der Waals surface area contributed by atoms with Gasteiger partial charge in [-0.2, -0.15) is 0 Å². The molecule has 0 N–H and O–H groups in total. The first-order chi connectivity index (χ1) is 28.8. The molecule has 10 aromatic carbocycles. The maximum atomic E-state index is 2.40. The van der Waals surface area contributed by atoms with Gasteiger partial charge < -0.3 is 9.13 Å². The van der Waals surface area contributed by atoms with Gasteiger partial charge in [0.1, 0.15) is 0 Å². The van der Waals surface area contributed by atoms with Crippen LogP contribution in [-0.2, 0) is 0 Å². The van der Waals surface area contributed by atoms with E-state index in [1.807, 2.05) is 0 Å². The van der Waals surface area contributed by atoms with Crippen molar-refractivity contribution in [3.05, 3.63) is 218 Å². The van der Waals surface area contributed by atoms with E-state index in [-0.39, 0.29) is 0 Å². The second kappa shape index (κ2) is 12.9. The van der Waals surface area contributed by atoms with E-state index in [0.29, 0.717) is 0 Å². The third kappa shape index (κ3) is 5.05. The van der Waals surface area contributed by atoms with Crippen LogP contribution in [0.2, 0.25) is 0 Å². The van der Waals surface area contributed by atoms with Crippen LogP contribution in [0, 0.1) is 0 Å². The SMILES string of the molecule is c1ccc(-n2c3ccccc3c3cc(-c4cc(-c5ccc6c(c5)c5ccccc5n6-c5ccccc5)cc(-c5cccc6ccc7ccccc7c56)c4)ccc32)cc1. The predicted molar refractivity (Wildman–Crippen MR) is 246 cm³/mol. The van der Waals surface area contributed by atoms with E-state index < -0.39 is 0 Å². The first kappa shape index (κ1) is 32.6. The molecule has 0 saturated heterocycles. The fraction of sp³-hybridized carbons (Fsp3) is 0. The average Bonchev–Trinajstić information content (AvgIpc) is 3.81. The topological polar surface area (TPSA) is 9.86 Å². The van der Waals surface area contributed by atoms with Crippen LogP contribution in [0.1, 0.15) is 0 Å². The first-order valence-electron chi connectivity index (χ1n) is 20.0. The number of benzene rings is 10. The van der Waals surface area contributed by atoms with Crippen LogP contribution in [0.3, 0.4) is 0 Å². The summed E-state index contributed by atoms with van der Waals surface area (Å²) >= 11 is 0. The second-order valence-corrected chi connectivity index (χ2v) is 15.3. The highest BCUT2D eigenvalue weighted by Crippen LogP contribution is 2.42. The van der Waals surface area contributed by atoms with Gasteiger partial charge in [0.05, 0.1) is 22.1 Å². The zero-order valence-electron chi connectivity index (χ0n) is 31.7. The van der Waals surface area contributed by atoms with Gasteiger partial charge in [-0.05, 0) is 134 Å². The average molecular weight is 737 g/mol. The minimum Gasteiger partial charge on any atom is -0.309 e. The summed E-state index contributed by atoms with van der Waals surface area (Å²) in [6.07, 6.45) is 0. The quantitative estimate of drug-likeness (QED) is 0.156.